The lowest BCUT2D eigenvalue weighted by Gasteiger charge is -2.37. The fraction of sp³-hybridized carbons (Fsp3) is 0.636. The molecule has 0 aliphatic heterocycles. The summed E-state index contributed by atoms with van der Waals surface area (Å²) in [6.45, 7) is -1.16. The molecule has 0 spiro atoms. The van der Waals surface area contributed by atoms with Crippen LogP contribution in [0, 0.1) is 29.4 Å². The van der Waals surface area contributed by atoms with Crippen molar-refractivity contribution in [3.05, 3.63) is 41.5 Å². The Morgan fingerprint density at radius 3 is 1.89 bits per heavy atom. The fourth-order valence-electron chi connectivity index (χ4n) is 5.02. The van der Waals surface area contributed by atoms with Gasteiger partial charge in [0.15, 0.2) is 17.4 Å². The molecule has 2 fully saturated rings. The molecule has 0 atom stereocenters. The standard InChI is InChI=1S/C22H28F4O/c1-2-3-14-4-6-15(7-5-14)16-8-10-17(11-9-16)18-12-19(23)21(20(24)13-18)27-22(25)26/h2-3,12-17,22H,4-11H2,1H3/b3-2+. The summed E-state index contributed by atoms with van der Waals surface area (Å²) in [4.78, 5) is 0. The van der Waals surface area contributed by atoms with Gasteiger partial charge in [-0.2, -0.15) is 8.78 Å². The molecule has 0 unspecified atom stereocenters. The summed E-state index contributed by atoms with van der Waals surface area (Å²) in [7, 11) is 0. The van der Waals surface area contributed by atoms with Crippen molar-refractivity contribution < 1.29 is 22.3 Å². The average Bonchev–Trinajstić information content (AvgIpc) is 2.65. The normalized spacial score (nSPS) is 29.4. The highest BCUT2D eigenvalue weighted by atomic mass is 19.3. The summed E-state index contributed by atoms with van der Waals surface area (Å²) in [6.07, 6.45) is 13.5. The molecule has 0 radical (unpaired) electrons. The summed E-state index contributed by atoms with van der Waals surface area (Å²) in [6, 6.07) is 2.32. The molecule has 0 aromatic heterocycles. The third-order valence-corrected chi connectivity index (χ3v) is 6.42. The van der Waals surface area contributed by atoms with Gasteiger partial charge in [-0.3, -0.25) is 0 Å². The van der Waals surface area contributed by atoms with E-state index in [4.69, 9.17) is 0 Å². The van der Waals surface area contributed by atoms with E-state index in [1.165, 1.54) is 25.7 Å². The lowest BCUT2D eigenvalue weighted by atomic mass is 9.68. The zero-order chi connectivity index (χ0) is 19.4. The first-order valence-corrected chi connectivity index (χ1v) is 10.0. The van der Waals surface area contributed by atoms with E-state index >= 15 is 0 Å². The Labute approximate surface area is 158 Å². The van der Waals surface area contributed by atoms with Crippen molar-refractivity contribution in [2.24, 2.45) is 17.8 Å². The summed E-state index contributed by atoms with van der Waals surface area (Å²) >= 11 is 0. The molecule has 0 bridgehead atoms. The molecule has 2 aliphatic carbocycles. The maximum atomic E-state index is 14.0. The second-order valence-corrected chi connectivity index (χ2v) is 8.00. The summed E-state index contributed by atoms with van der Waals surface area (Å²) in [5.74, 6) is -0.802. The van der Waals surface area contributed by atoms with E-state index in [-0.39, 0.29) is 5.92 Å². The first-order chi connectivity index (χ1) is 13.0. The van der Waals surface area contributed by atoms with Crippen molar-refractivity contribution in [1.82, 2.24) is 0 Å². The van der Waals surface area contributed by atoms with Crippen molar-refractivity contribution in [2.75, 3.05) is 0 Å². The van der Waals surface area contributed by atoms with Gasteiger partial charge in [0.25, 0.3) is 0 Å². The molecular formula is C22H28F4O. The van der Waals surface area contributed by atoms with Crippen LogP contribution in [0.4, 0.5) is 17.6 Å². The average molecular weight is 384 g/mol. The predicted molar refractivity (Wildman–Crippen MR) is 98.0 cm³/mol. The maximum Gasteiger partial charge on any atom is 0.387 e. The zero-order valence-electron chi connectivity index (χ0n) is 15.8. The van der Waals surface area contributed by atoms with Crippen molar-refractivity contribution in [3.8, 4) is 5.75 Å². The molecule has 150 valence electrons. The van der Waals surface area contributed by atoms with Crippen LogP contribution in [0.3, 0.4) is 0 Å². The fourth-order valence-corrected chi connectivity index (χ4v) is 5.02. The Morgan fingerprint density at radius 1 is 0.889 bits per heavy atom. The Balaban J connectivity index is 1.56. The van der Waals surface area contributed by atoms with Crippen LogP contribution in [0.1, 0.15) is 69.8 Å². The monoisotopic (exact) mass is 384 g/mol. The summed E-state index contributed by atoms with van der Waals surface area (Å²) in [5.41, 5.74) is 0.557. The van der Waals surface area contributed by atoms with E-state index in [2.05, 4.69) is 23.8 Å². The van der Waals surface area contributed by atoms with Crippen molar-refractivity contribution >= 4 is 0 Å². The summed E-state index contributed by atoms with van der Waals surface area (Å²) in [5, 5.41) is 0. The molecule has 5 heteroatoms. The molecule has 2 saturated carbocycles. The minimum absolute atomic E-state index is 0.0882. The number of allylic oxidation sites excluding steroid dienone is 2. The molecule has 1 aromatic carbocycles. The minimum Gasteiger partial charge on any atom is -0.429 e. The van der Waals surface area contributed by atoms with Crippen molar-refractivity contribution in [1.29, 1.82) is 0 Å². The number of alkyl halides is 2. The van der Waals surface area contributed by atoms with Crippen LogP contribution >= 0.6 is 0 Å². The van der Waals surface area contributed by atoms with E-state index in [9.17, 15) is 17.6 Å². The van der Waals surface area contributed by atoms with Gasteiger partial charge in [-0.1, -0.05) is 12.2 Å². The highest BCUT2D eigenvalue weighted by molar-refractivity contribution is 5.33. The number of benzene rings is 1. The molecule has 0 heterocycles. The minimum atomic E-state index is -3.24. The van der Waals surface area contributed by atoms with Crippen LogP contribution in [-0.2, 0) is 0 Å². The molecule has 0 amide bonds. The quantitative estimate of drug-likeness (QED) is 0.384. The molecule has 27 heavy (non-hydrogen) atoms. The Kier molecular flexibility index (Phi) is 6.83. The van der Waals surface area contributed by atoms with Crippen LogP contribution < -0.4 is 4.74 Å². The van der Waals surface area contributed by atoms with Gasteiger partial charge >= 0.3 is 6.61 Å². The van der Waals surface area contributed by atoms with Gasteiger partial charge in [-0.25, -0.2) is 8.78 Å². The van der Waals surface area contributed by atoms with Crippen LogP contribution in [0.25, 0.3) is 0 Å². The van der Waals surface area contributed by atoms with Crippen LogP contribution in [-0.4, -0.2) is 6.61 Å². The Morgan fingerprint density at radius 2 is 1.41 bits per heavy atom. The first kappa shape index (κ1) is 20.2. The third-order valence-electron chi connectivity index (χ3n) is 6.42. The zero-order valence-corrected chi connectivity index (χ0v) is 15.8. The van der Waals surface area contributed by atoms with Gasteiger partial charge in [0.05, 0.1) is 0 Å². The third kappa shape index (κ3) is 5.05. The van der Waals surface area contributed by atoms with Crippen molar-refractivity contribution in [3.63, 3.8) is 0 Å². The van der Waals surface area contributed by atoms with E-state index in [1.54, 1.807) is 0 Å². The summed E-state index contributed by atoms with van der Waals surface area (Å²) < 4.78 is 56.5. The smallest absolute Gasteiger partial charge is 0.387 e. The second kappa shape index (κ2) is 9.11. The molecule has 3 rings (SSSR count). The number of rotatable bonds is 5. The van der Waals surface area contributed by atoms with Crippen molar-refractivity contribution in [2.45, 2.75) is 70.8 Å². The van der Waals surface area contributed by atoms with Gasteiger partial charge in [0.2, 0.25) is 0 Å². The highest BCUT2D eigenvalue weighted by Crippen LogP contribution is 2.44. The van der Waals surface area contributed by atoms with Gasteiger partial charge in [-0.05, 0) is 99.7 Å². The number of hydrogen-bond donors (Lipinski definition) is 0. The van der Waals surface area contributed by atoms with Gasteiger partial charge in [0.1, 0.15) is 0 Å². The van der Waals surface area contributed by atoms with Crippen LogP contribution in [0.2, 0.25) is 0 Å². The molecular weight excluding hydrogens is 356 g/mol. The Bertz CT molecular complexity index is 619. The van der Waals surface area contributed by atoms with E-state index in [0.717, 1.165) is 49.7 Å². The topological polar surface area (TPSA) is 9.23 Å². The lowest BCUT2D eigenvalue weighted by molar-refractivity contribution is -0.0546. The van der Waals surface area contributed by atoms with E-state index in [1.807, 2.05) is 0 Å². The van der Waals surface area contributed by atoms with E-state index < -0.39 is 24.0 Å². The van der Waals surface area contributed by atoms with Crippen LogP contribution in [0.5, 0.6) is 5.75 Å². The number of halogens is 4. The molecule has 1 nitrogen and oxygen atoms in total. The number of hydrogen-bond acceptors (Lipinski definition) is 1. The van der Waals surface area contributed by atoms with Crippen LogP contribution in [0.15, 0.2) is 24.3 Å². The molecule has 0 N–H and O–H groups in total. The SMILES string of the molecule is C/C=C/C1CCC(C2CCC(c3cc(F)c(OC(F)F)c(F)c3)CC2)CC1. The van der Waals surface area contributed by atoms with Gasteiger partial charge in [-0.15, -0.1) is 0 Å². The Hall–Kier alpha value is -1.52. The van der Waals surface area contributed by atoms with Gasteiger partial charge in [0, 0.05) is 0 Å². The molecule has 0 saturated heterocycles. The first-order valence-electron chi connectivity index (χ1n) is 10.0. The molecule has 2 aliphatic rings. The maximum absolute atomic E-state index is 14.0. The van der Waals surface area contributed by atoms with Gasteiger partial charge < -0.3 is 4.74 Å². The largest absolute Gasteiger partial charge is 0.429 e. The predicted octanol–water partition coefficient (Wildman–Crippen LogP) is 7.22. The lowest BCUT2D eigenvalue weighted by Crippen LogP contribution is -2.25. The highest BCUT2D eigenvalue weighted by Gasteiger charge is 2.31. The second-order valence-electron chi connectivity index (χ2n) is 8.00. The van der Waals surface area contributed by atoms with E-state index in [0.29, 0.717) is 11.5 Å². The molecule has 1 aromatic rings. The number of ether oxygens (including phenoxy) is 1.